The predicted octanol–water partition coefficient (Wildman–Crippen LogP) is 16.4. The van der Waals surface area contributed by atoms with Gasteiger partial charge in [0.15, 0.2) is 0 Å². The highest BCUT2D eigenvalue weighted by atomic mass is 32.1. The molecule has 0 amide bonds. The van der Waals surface area contributed by atoms with E-state index in [1.165, 1.54) is 86.6 Å². The molecule has 2 heteroatoms. The number of hydrogen-bond acceptors (Lipinski definition) is 2. The quantitative estimate of drug-likeness (QED) is 0.155. The van der Waals surface area contributed by atoms with Crippen LogP contribution >= 0.6 is 11.3 Å². The highest BCUT2D eigenvalue weighted by Crippen LogP contribution is 2.57. The molecule has 1 aromatic heterocycles. The molecular formula is C59H39NS. The van der Waals surface area contributed by atoms with Crippen molar-refractivity contribution in [3.05, 3.63) is 259 Å². The zero-order valence-electron chi connectivity index (χ0n) is 33.4. The number of thiophene rings is 1. The van der Waals surface area contributed by atoms with Gasteiger partial charge in [-0.3, -0.25) is 0 Å². The molecule has 61 heavy (non-hydrogen) atoms. The van der Waals surface area contributed by atoms with E-state index in [-0.39, 0.29) is 0 Å². The van der Waals surface area contributed by atoms with E-state index < -0.39 is 5.41 Å². The summed E-state index contributed by atoms with van der Waals surface area (Å²) in [6.07, 6.45) is 0. The zero-order chi connectivity index (χ0) is 40.3. The van der Waals surface area contributed by atoms with Crippen LogP contribution < -0.4 is 4.90 Å². The molecule has 0 saturated heterocycles. The van der Waals surface area contributed by atoms with Crippen LogP contribution in [-0.4, -0.2) is 0 Å². The smallest absolute Gasteiger partial charge is 0.0713 e. The van der Waals surface area contributed by atoms with Crippen LogP contribution in [0.15, 0.2) is 237 Å². The minimum atomic E-state index is -0.466. The Kier molecular flexibility index (Phi) is 8.33. The van der Waals surface area contributed by atoms with Crippen molar-refractivity contribution in [2.24, 2.45) is 0 Å². The summed E-state index contributed by atoms with van der Waals surface area (Å²) in [5, 5.41) is 5.07. The molecule has 10 aromatic carbocycles. The molecule has 0 bridgehead atoms. The molecule has 0 radical (unpaired) electrons. The summed E-state index contributed by atoms with van der Waals surface area (Å²) >= 11 is 1.86. The van der Waals surface area contributed by atoms with Crippen LogP contribution in [-0.2, 0) is 5.41 Å². The van der Waals surface area contributed by atoms with Crippen molar-refractivity contribution >= 4 is 59.3 Å². The molecule has 11 aromatic rings. The molecule has 0 unspecified atom stereocenters. The number of nitrogens with zero attached hydrogens (tertiary/aromatic N) is 1. The summed E-state index contributed by atoms with van der Waals surface area (Å²) in [4.78, 5) is 2.47. The first-order valence-electron chi connectivity index (χ1n) is 21.0. The number of fused-ring (bicyclic) bond motifs is 7. The first kappa shape index (κ1) is 35.4. The van der Waals surface area contributed by atoms with Gasteiger partial charge >= 0.3 is 0 Å². The number of rotatable bonds is 7. The molecule has 1 aliphatic rings. The Labute approximate surface area is 360 Å². The van der Waals surface area contributed by atoms with Crippen LogP contribution in [0.4, 0.5) is 17.1 Å². The van der Waals surface area contributed by atoms with Crippen LogP contribution in [0.25, 0.3) is 64.3 Å². The van der Waals surface area contributed by atoms with Gasteiger partial charge in [-0.25, -0.2) is 0 Å². The van der Waals surface area contributed by atoms with E-state index in [1.807, 2.05) is 11.3 Å². The van der Waals surface area contributed by atoms with Gasteiger partial charge in [0.25, 0.3) is 0 Å². The third-order valence-corrected chi connectivity index (χ3v) is 13.9. The first-order valence-corrected chi connectivity index (χ1v) is 21.8. The third-order valence-electron chi connectivity index (χ3n) is 12.7. The Bertz CT molecular complexity index is 3360. The van der Waals surface area contributed by atoms with E-state index >= 15 is 0 Å². The van der Waals surface area contributed by atoms with Crippen molar-refractivity contribution in [3.63, 3.8) is 0 Å². The first-order chi connectivity index (χ1) is 30.3. The lowest BCUT2D eigenvalue weighted by molar-refractivity contribution is 0.768. The van der Waals surface area contributed by atoms with Crippen molar-refractivity contribution in [1.29, 1.82) is 0 Å². The Balaban J connectivity index is 1.09. The summed E-state index contributed by atoms with van der Waals surface area (Å²) in [6, 6.07) is 87.4. The van der Waals surface area contributed by atoms with Crippen molar-refractivity contribution in [3.8, 4) is 33.4 Å². The fourth-order valence-electron chi connectivity index (χ4n) is 10.1. The van der Waals surface area contributed by atoms with Crippen LogP contribution in [0.2, 0.25) is 0 Å². The van der Waals surface area contributed by atoms with Gasteiger partial charge in [0, 0.05) is 37.1 Å². The second-order valence-electron chi connectivity index (χ2n) is 16.0. The Morgan fingerprint density at radius 3 is 1.70 bits per heavy atom. The second kappa shape index (κ2) is 14.3. The molecule has 1 heterocycles. The summed E-state index contributed by atoms with van der Waals surface area (Å²) in [5.41, 5.74) is 15.3. The lowest BCUT2D eigenvalue weighted by atomic mass is 9.68. The minimum Gasteiger partial charge on any atom is -0.310 e. The maximum absolute atomic E-state index is 2.47. The van der Waals surface area contributed by atoms with E-state index in [0.717, 1.165) is 17.1 Å². The molecule has 286 valence electrons. The molecule has 1 nitrogen and oxygen atoms in total. The minimum absolute atomic E-state index is 0.466. The molecule has 0 N–H and O–H groups in total. The molecule has 0 saturated carbocycles. The van der Waals surface area contributed by atoms with E-state index in [1.54, 1.807) is 0 Å². The van der Waals surface area contributed by atoms with Crippen LogP contribution in [0.3, 0.4) is 0 Å². The molecule has 0 fully saturated rings. The van der Waals surface area contributed by atoms with Gasteiger partial charge in [-0.2, -0.15) is 0 Å². The lowest BCUT2D eigenvalue weighted by Crippen LogP contribution is -2.28. The SMILES string of the molecule is c1ccc(-c2c(N(c3ccc(-c4ccc5sc6ccccc6c5c4)cc3)c3ccc4c(c3)-c3ccccc3C4(c3ccccc3)c3ccccc3)ccc3ccccc23)cc1. The molecule has 1 aliphatic carbocycles. The Hall–Kier alpha value is -7.52. The second-order valence-corrected chi connectivity index (χ2v) is 17.1. The van der Waals surface area contributed by atoms with Gasteiger partial charge < -0.3 is 4.90 Å². The van der Waals surface area contributed by atoms with Crippen LogP contribution in [0.5, 0.6) is 0 Å². The van der Waals surface area contributed by atoms with Gasteiger partial charge in [-0.15, -0.1) is 11.3 Å². The monoisotopic (exact) mass is 793 g/mol. The highest BCUT2D eigenvalue weighted by Gasteiger charge is 2.46. The van der Waals surface area contributed by atoms with Crippen molar-refractivity contribution < 1.29 is 0 Å². The predicted molar refractivity (Wildman–Crippen MR) is 260 cm³/mol. The molecular weight excluding hydrogens is 755 g/mol. The van der Waals surface area contributed by atoms with Gasteiger partial charge in [0.2, 0.25) is 0 Å². The highest BCUT2D eigenvalue weighted by molar-refractivity contribution is 7.25. The largest absolute Gasteiger partial charge is 0.310 e. The van der Waals surface area contributed by atoms with Gasteiger partial charge in [0.1, 0.15) is 0 Å². The van der Waals surface area contributed by atoms with Gasteiger partial charge in [-0.05, 0) is 109 Å². The summed E-state index contributed by atoms with van der Waals surface area (Å²) in [7, 11) is 0. The summed E-state index contributed by atoms with van der Waals surface area (Å²) in [6.45, 7) is 0. The molecule has 12 rings (SSSR count). The average Bonchev–Trinajstić information content (AvgIpc) is 3.86. The maximum atomic E-state index is 2.47. The summed E-state index contributed by atoms with van der Waals surface area (Å²) < 4.78 is 2.64. The number of benzene rings is 10. The number of hydrogen-bond donors (Lipinski definition) is 0. The molecule has 0 aliphatic heterocycles. The average molecular weight is 794 g/mol. The molecule has 0 atom stereocenters. The zero-order valence-corrected chi connectivity index (χ0v) is 34.2. The van der Waals surface area contributed by atoms with Crippen molar-refractivity contribution in [2.45, 2.75) is 5.41 Å². The fraction of sp³-hybridized carbons (Fsp3) is 0.0169. The normalized spacial score (nSPS) is 12.7. The van der Waals surface area contributed by atoms with Crippen molar-refractivity contribution in [2.75, 3.05) is 4.90 Å². The Morgan fingerprint density at radius 1 is 0.344 bits per heavy atom. The van der Waals surface area contributed by atoms with Gasteiger partial charge in [0.05, 0.1) is 11.1 Å². The fourth-order valence-corrected chi connectivity index (χ4v) is 11.2. The van der Waals surface area contributed by atoms with Gasteiger partial charge in [-0.1, -0.05) is 188 Å². The van der Waals surface area contributed by atoms with Crippen LogP contribution in [0.1, 0.15) is 22.3 Å². The standard InChI is InChI=1S/C59H39NS/c1-4-17-42(18-5-1)58-48-23-11-10-16-41(48)30-36-55(58)60(46-32-28-40(29-33-46)43-31-37-57-52(38-43)50-25-13-15-27-56(50)61-57)47-34-35-54-51(39-47)49-24-12-14-26-53(49)59(54,44-19-6-2-7-20-44)45-21-8-3-9-22-45/h1-39H. The van der Waals surface area contributed by atoms with E-state index in [2.05, 4.69) is 241 Å². The molecule has 0 spiro atoms. The number of anilines is 3. The van der Waals surface area contributed by atoms with E-state index in [9.17, 15) is 0 Å². The van der Waals surface area contributed by atoms with Crippen LogP contribution in [0, 0.1) is 0 Å². The lowest BCUT2D eigenvalue weighted by Gasteiger charge is -2.34. The summed E-state index contributed by atoms with van der Waals surface area (Å²) in [5.74, 6) is 0. The van der Waals surface area contributed by atoms with E-state index in [0.29, 0.717) is 0 Å². The third kappa shape index (κ3) is 5.60. The van der Waals surface area contributed by atoms with E-state index in [4.69, 9.17) is 0 Å². The Morgan fingerprint density at radius 2 is 0.934 bits per heavy atom. The van der Waals surface area contributed by atoms with Crippen molar-refractivity contribution in [1.82, 2.24) is 0 Å². The topological polar surface area (TPSA) is 3.24 Å². The maximum Gasteiger partial charge on any atom is 0.0713 e.